The Morgan fingerprint density at radius 1 is 1.26 bits per heavy atom. The number of aliphatic hydroxyl groups excluding tert-OH is 2. The Morgan fingerprint density at radius 2 is 1.89 bits per heavy atom. The summed E-state index contributed by atoms with van der Waals surface area (Å²) in [5.41, 5.74) is 1.05. The maximum atomic E-state index is 11.9. The summed E-state index contributed by atoms with van der Waals surface area (Å²) in [7, 11) is 0. The minimum Gasteiger partial charge on any atom is -0.466 e. The van der Waals surface area contributed by atoms with Crippen molar-refractivity contribution < 1.29 is 24.5 Å². The summed E-state index contributed by atoms with van der Waals surface area (Å²) in [6.07, 6.45) is -1.17. The van der Waals surface area contributed by atoms with Crippen LogP contribution in [0.4, 0.5) is 0 Å². The molecule has 1 unspecified atom stereocenters. The molecule has 1 aromatic carbocycles. The molecular formula is C14H18O5. The maximum absolute atomic E-state index is 11.9. The van der Waals surface area contributed by atoms with Crippen LogP contribution >= 0.6 is 0 Å². The molecule has 104 valence electrons. The zero-order valence-electron chi connectivity index (χ0n) is 10.8. The summed E-state index contributed by atoms with van der Waals surface area (Å²) in [6, 6.07) is 6.32. The van der Waals surface area contributed by atoms with Gasteiger partial charge >= 0.3 is 5.97 Å². The smallest absolute Gasteiger partial charge is 0.305 e. The normalized spacial score (nSPS) is 11.9. The van der Waals surface area contributed by atoms with Crippen LogP contribution in [-0.4, -0.2) is 34.7 Å². The number of benzene rings is 1. The SMILES string of the molecule is CCOC(=O)CCC(O)C(=O)c1ccc(CO)cc1. The number of carbonyl (C=O) groups excluding carboxylic acids is 2. The van der Waals surface area contributed by atoms with Crippen LogP contribution in [0.2, 0.25) is 0 Å². The highest BCUT2D eigenvalue weighted by Gasteiger charge is 2.18. The Labute approximate surface area is 111 Å². The minimum atomic E-state index is -1.22. The van der Waals surface area contributed by atoms with Crippen LogP contribution in [0.5, 0.6) is 0 Å². The zero-order valence-corrected chi connectivity index (χ0v) is 10.8. The number of hydrogen-bond donors (Lipinski definition) is 2. The van der Waals surface area contributed by atoms with Gasteiger partial charge in [-0.15, -0.1) is 0 Å². The minimum absolute atomic E-state index is 0.00940. The predicted octanol–water partition coefficient (Wildman–Crippen LogP) is 1.07. The second-order valence-electron chi connectivity index (χ2n) is 4.08. The van der Waals surface area contributed by atoms with Gasteiger partial charge in [-0.2, -0.15) is 0 Å². The fourth-order valence-corrected chi connectivity index (χ4v) is 1.59. The highest BCUT2D eigenvalue weighted by atomic mass is 16.5. The van der Waals surface area contributed by atoms with Gasteiger partial charge in [0, 0.05) is 12.0 Å². The third kappa shape index (κ3) is 4.81. The molecule has 1 rings (SSSR count). The molecule has 0 heterocycles. The van der Waals surface area contributed by atoms with Gasteiger partial charge in [0.2, 0.25) is 0 Å². The first-order valence-electron chi connectivity index (χ1n) is 6.16. The van der Waals surface area contributed by atoms with Crippen molar-refractivity contribution in [2.45, 2.75) is 32.5 Å². The molecule has 0 aromatic heterocycles. The van der Waals surface area contributed by atoms with Crippen molar-refractivity contribution >= 4 is 11.8 Å². The maximum Gasteiger partial charge on any atom is 0.305 e. The molecule has 5 heteroatoms. The molecule has 19 heavy (non-hydrogen) atoms. The number of hydrogen-bond acceptors (Lipinski definition) is 5. The fraction of sp³-hybridized carbons (Fsp3) is 0.429. The molecule has 0 amide bonds. The monoisotopic (exact) mass is 266 g/mol. The number of carbonyl (C=O) groups is 2. The molecule has 5 nitrogen and oxygen atoms in total. The van der Waals surface area contributed by atoms with E-state index in [9.17, 15) is 14.7 Å². The Bertz CT molecular complexity index is 424. The number of Topliss-reactive ketones (excluding diaryl/α,β-unsaturated/α-hetero) is 1. The summed E-state index contributed by atoms with van der Waals surface area (Å²) < 4.78 is 4.72. The number of ketones is 1. The van der Waals surface area contributed by atoms with Crippen molar-refractivity contribution in [2.75, 3.05) is 6.61 Å². The van der Waals surface area contributed by atoms with Crippen LogP contribution in [0, 0.1) is 0 Å². The van der Waals surface area contributed by atoms with Gasteiger partial charge in [-0.1, -0.05) is 24.3 Å². The number of rotatable bonds is 7. The third-order valence-corrected chi connectivity index (χ3v) is 2.65. The molecule has 0 fully saturated rings. The van der Waals surface area contributed by atoms with E-state index in [1.807, 2.05) is 0 Å². The van der Waals surface area contributed by atoms with E-state index in [2.05, 4.69) is 0 Å². The molecule has 0 aliphatic heterocycles. The van der Waals surface area contributed by atoms with E-state index in [-0.39, 0.29) is 26.1 Å². The van der Waals surface area contributed by atoms with Crippen LogP contribution in [0.15, 0.2) is 24.3 Å². The van der Waals surface area contributed by atoms with Crippen LogP contribution < -0.4 is 0 Å². The Kier molecular flexibility index (Phi) is 6.18. The average molecular weight is 266 g/mol. The van der Waals surface area contributed by atoms with Crippen LogP contribution in [0.25, 0.3) is 0 Å². The topological polar surface area (TPSA) is 83.8 Å². The first-order valence-corrected chi connectivity index (χ1v) is 6.16. The molecule has 0 aliphatic carbocycles. The largest absolute Gasteiger partial charge is 0.466 e. The van der Waals surface area contributed by atoms with E-state index in [1.54, 1.807) is 31.2 Å². The van der Waals surface area contributed by atoms with Gasteiger partial charge in [-0.05, 0) is 18.9 Å². The molecule has 0 saturated carbocycles. The van der Waals surface area contributed by atoms with Gasteiger partial charge in [0.25, 0.3) is 0 Å². The highest BCUT2D eigenvalue weighted by Crippen LogP contribution is 2.10. The van der Waals surface area contributed by atoms with Crippen molar-refractivity contribution in [1.29, 1.82) is 0 Å². The van der Waals surface area contributed by atoms with Gasteiger partial charge in [0.1, 0.15) is 6.10 Å². The molecule has 0 bridgehead atoms. The van der Waals surface area contributed by atoms with Gasteiger partial charge in [-0.3, -0.25) is 9.59 Å². The first-order chi connectivity index (χ1) is 9.08. The van der Waals surface area contributed by atoms with Crippen molar-refractivity contribution in [3.63, 3.8) is 0 Å². The Morgan fingerprint density at radius 3 is 2.42 bits per heavy atom. The quantitative estimate of drug-likeness (QED) is 0.569. The number of esters is 1. The van der Waals surface area contributed by atoms with E-state index in [4.69, 9.17) is 9.84 Å². The third-order valence-electron chi connectivity index (χ3n) is 2.65. The van der Waals surface area contributed by atoms with E-state index in [1.165, 1.54) is 0 Å². The molecule has 2 N–H and O–H groups in total. The van der Waals surface area contributed by atoms with Gasteiger partial charge in [0.15, 0.2) is 5.78 Å². The molecule has 0 aliphatic rings. The average Bonchev–Trinajstić information content (AvgIpc) is 2.44. The zero-order chi connectivity index (χ0) is 14.3. The van der Waals surface area contributed by atoms with E-state index in [0.717, 1.165) is 0 Å². The Balaban J connectivity index is 2.53. The number of ether oxygens (including phenoxy) is 1. The van der Waals surface area contributed by atoms with E-state index < -0.39 is 17.9 Å². The molecule has 0 saturated heterocycles. The van der Waals surface area contributed by atoms with Crippen molar-refractivity contribution in [2.24, 2.45) is 0 Å². The highest BCUT2D eigenvalue weighted by molar-refractivity contribution is 5.99. The summed E-state index contributed by atoms with van der Waals surface area (Å²) in [6.45, 7) is 1.88. The van der Waals surface area contributed by atoms with E-state index in [0.29, 0.717) is 11.1 Å². The van der Waals surface area contributed by atoms with Gasteiger partial charge in [0.05, 0.1) is 13.2 Å². The van der Waals surface area contributed by atoms with Crippen molar-refractivity contribution in [3.8, 4) is 0 Å². The number of aliphatic hydroxyl groups is 2. The molecule has 0 radical (unpaired) electrons. The summed E-state index contributed by atoms with van der Waals surface area (Å²) >= 11 is 0. The van der Waals surface area contributed by atoms with Crippen molar-refractivity contribution in [1.82, 2.24) is 0 Å². The Hall–Kier alpha value is -1.72. The predicted molar refractivity (Wildman–Crippen MR) is 68.6 cm³/mol. The van der Waals surface area contributed by atoms with Gasteiger partial charge < -0.3 is 14.9 Å². The van der Waals surface area contributed by atoms with E-state index >= 15 is 0 Å². The van der Waals surface area contributed by atoms with Crippen LogP contribution in [0.3, 0.4) is 0 Å². The molecule has 0 spiro atoms. The molecular weight excluding hydrogens is 248 g/mol. The van der Waals surface area contributed by atoms with Gasteiger partial charge in [-0.25, -0.2) is 0 Å². The standard InChI is InChI=1S/C14H18O5/c1-2-19-13(17)8-7-12(16)14(18)11-5-3-10(9-15)4-6-11/h3-6,12,15-16H,2,7-9H2,1H3. The first kappa shape index (κ1) is 15.3. The lowest BCUT2D eigenvalue weighted by Gasteiger charge is -2.09. The molecule has 1 aromatic rings. The summed E-state index contributed by atoms with van der Waals surface area (Å²) in [5.74, 6) is -0.862. The van der Waals surface area contributed by atoms with Crippen molar-refractivity contribution in [3.05, 3.63) is 35.4 Å². The summed E-state index contributed by atoms with van der Waals surface area (Å²) in [4.78, 5) is 23.0. The lowest BCUT2D eigenvalue weighted by molar-refractivity contribution is -0.143. The fourth-order valence-electron chi connectivity index (χ4n) is 1.59. The van der Waals surface area contributed by atoms with Crippen LogP contribution in [0.1, 0.15) is 35.7 Å². The second kappa shape index (κ2) is 7.66. The van der Waals surface area contributed by atoms with Crippen LogP contribution in [-0.2, 0) is 16.1 Å². The second-order valence-corrected chi connectivity index (χ2v) is 4.08. The summed E-state index contributed by atoms with van der Waals surface area (Å²) in [5, 5.41) is 18.6. The lowest BCUT2D eigenvalue weighted by atomic mass is 10.0. The molecule has 1 atom stereocenters. The lowest BCUT2D eigenvalue weighted by Crippen LogP contribution is -2.22.